The fourth-order valence-corrected chi connectivity index (χ4v) is 2.35. The molecule has 1 aromatic heterocycles. The zero-order chi connectivity index (χ0) is 17.4. The summed E-state index contributed by atoms with van der Waals surface area (Å²) in [5.41, 5.74) is 1.53. The van der Waals surface area contributed by atoms with Crippen LogP contribution in [0, 0.1) is 5.92 Å². The van der Waals surface area contributed by atoms with Crippen molar-refractivity contribution in [3.05, 3.63) is 54.0 Å². The van der Waals surface area contributed by atoms with Gasteiger partial charge in [0.05, 0.1) is 0 Å². The lowest BCUT2D eigenvalue weighted by Gasteiger charge is -2.20. The zero-order valence-corrected chi connectivity index (χ0v) is 14.7. The molecule has 1 amide bonds. The third-order valence-corrected chi connectivity index (χ3v) is 3.80. The van der Waals surface area contributed by atoms with Crippen molar-refractivity contribution in [1.29, 1.82) is 0 Å². The minimum atomic E-state index is -0.0735. The van der Waals surface area contributed by atoms with E-state index in [0.29, 0.717) is 30.5 Å². The molecule has 0 unspecified atom stereocenters. The summed E-state index contributed by atoms with van der Waals surface area (Å²) in [5, 5.41) is 3.26. The van der Waals surface area contributed by atoms with Crippen LogP contribution in [0.4, 0.5) is 5.82 Å². The average Bonchev–Trinajstić information content (AvgIpc) is 2.60. The van der Waals surface area contributed by atoms with Gasteiger partial charge < -0.3 is 10.2 Å². The Balaban J connectivity index is 2.04. The van der Waals surface area contributed by atoms with E-state index in [1.807, 2.05) is 37.3 Å². The number of carbonyl (C=O) groups is 1. The third kappa shape index (κ3) is 5.33. The molecule has 0 atom stereocenters. The number of hydrogen-bond acceptors (Lipinski definition) is 4. The van der Waals surface area contributed by atoms with Crippen molar-refractivity contribution in [3.8, 4) is 0 Å². The standard InChI is InChI=1S/C19H26N4O/c1-4-23(13-16-8-6-5-7-9-16)19(24)17-12-18(22-14-21-17)20-11-10-15(2)3/h5-9,12,14-15H,4,10-11,13H2,1-3H3,(H,20,21,22). The second-order valence-electron chi connectivity index (χ2n) is 6.20. The number of carbonyl (C=O) groups excluding carboxylic acids is 1. The summed E-state index contributed by atoms with van der Waals surface area (Å²) in [6, 6.07) is 11.7. The number of amides is 1. The van der Waals surface area contributed by atoms with Crippen LogP contribution < -0.4 is 5.32 Å². The predicted molar refractivity (Wildman–Crippen MR) is 96.8 cm³/mol. The first-order valence-electron chi connectivity index (χ1n) is 8.49. The maximum Gasteiger partial charge on any atom is 0.272 e. The van der Waals surface area contributed by atoms with E-state index in [1.54, 1.807) is 11.0 Å². The second-order valence-corrected chi connectivity index (χ2v) is 6.20. The van der Waals surface area contributed by atoms with Gasteiger partial charge in [-0.1, -0.05) is 44.2 Å². The van der Waals surface area contributed by atoms with E-state index in [2.05, 4.69) is 29.1 Å². The summed E-state index contributed by atoms with van der Waals surface area (Å²) in [7, 11) is 0. The highest BCUT2D eigenvalue weighted by Gasteiger charge is 2.16. The average molecular weight is 326 g/mol. The van der Waals surface area contributed by atoms with Crippen LogP contribution in [0.15, 0.2) is 42.7 Å². The van der Waals surface area contributed by atoms with E-state index in [4.69, 9.17) is 0 Å². The van der Waals surface area contributed by atoms with Gasteiger partial charge in [0.1, 0.15) is 17.8 Å². The number of benzene rings is 1. The van der Waals surface area contributed by atoms with Gasteiger partial charge in [0.15, 0.2) is 0 Å². The molecule has 5 nitrogen and oxygen atoms in total. The molecule has 0 radical (unpaired) electrons. The molecular weight excluding hydrogens is 300 g/mol. The van der Waals surface area contributed by atoms with E-state index in [-0.39, 0.29) is 5.91 Å². The number of aromatic nitrogens is 2. The van der Waals surface area contributed by atoms with Gasteiger partial charge in [-0.3, -0.25) is 4.79 Å². The Morgan fingerprint density at radius 3 is 2.62 bits per heavy atom. The number of nitrogens with one attached hydrogen (secondary N) is 1. The fourth-order valence-electron chi connectivity index (χ4n) is 2.35. The molecule has 0 bridgehead atoms. The first kappa shape index (κ1) is 17.9. The molecule has 0 saturated carbocycles. The highest BCUT2D eigenvalue weighted by Crippen LogP contribution is 2.11. The second kappa shape index (κ2) is 9.01. The molecule has 0 spiro atoms. The Kier molecular flexibility index (Phi) is 6.73. The summed E-state index contributed by atoms with van der Waals surface area (Å²) < 4.78 is 0. The summed E-state index contributed by atoms with van der Waals surface area (Å²) >= 11 is 0. The Bertz CT molecular complexity index is 643. The molecule has 2 rings (SSSR count). The van der Waals surface area contributed by atoms with Gasteiger partial charge in [-0.25, -0.2) is 9.97 Å². The molecule has 0 aliphatic heterocycles. The normalized spacial score (nSPS) is 10.7. The van der Waals surface area contributed by atoms with Crippen LogP contribution >= 0.6 is 0 Å². The Morgan fingerprint density at radius 2 is 1.96 bits per heavy atom. The molecule has 128 valence electrons. The van der Waals surface area contributed by atoms with Gasteiger partial charge in [0.2, 0.25) is 0 Å². The Hall–Kier alpha value is -2.43. The van der Waals surface area contributed by atoms with Gasteiger partial charge in [-0.05, 0) is 24.8 Å². The highest BCUT2D eigenvalue weighted by molar-refractivity contribution is 5.92. The van der Waals surface area contributed by atoms with Crippen LogP contribution in [0.1, 0.15) is 43.2 Å². The summed E-state index contributed by atoms with van der Waals surface area (Å²) in [6.45, 7) is 8.39. The largest absolute Gasteiger partial charge is 0.370 e. The molecule has 2 aromatic rings. The maximum absolute atomic E-state index is 12.7. The number of nitrogens with zero attached hydrogens (tertiary/aromatic N) is 3. The molecule has 24 heavy (non-hydrogen) atoms. The topological polar surface area (TPSA) is 58.1 Å². The Labute approximate surface area is 144 Å². The monoisotopic (exact) mass is 326 g/mol. The minimum absolute atomic E-state index is 0.0735. The van der Waals surface area contributed by atoms with Crippen molar-refractivity contribution in [2.75, 3.05) is 18.4 Å². The molecule has 1 N–H and O–H groups in total. The van der Waals surface area contributed by atoms with E-state index < -0.39 is 0 Å². The lowest BCUT2D eigenvalue weighted by atomic mass is 10.1. The summed E-state index contributed by atoms with van der Waals surface area (Å²) in [6.07, 6.45) is 2.50. The molecule has 0 saturated heterocycles. The first-order chi connectivity index (χ1) is 11.6. The van der Waals surface area contributed by atoms with Gasteiger partial charge >= 0.3 is 0 Å². The lowest BCUT2D eigenvalue weighted by molar-refractivity contribution is 0.0746. The fraction of sp³-hybridized carbons (Fsp3) is 0.421. The smallest absolute Gasteiger partial charge is 0.272 e. The van der Waals surface area contributed by atoms with Crippen molar-refractivity contribution in [1.82, 2.24) is 14.9 Å². The SMILES string of the molecule is CCN(Cc1ccccc1)C(=O)c1cc(NCCC(C)C)ncn1. The van der Waals surface area contributed by atoms with Crippen LogP contribution in [0.25, 0.3) is 0 Å². The molecule has 0 aliphatic rings. The van der Waals surface area contributed by atoms with E-state index >= 15 is 0 Å². The van der Waals surface area contributed by atoms with Crippen molar-refractivity contribution in [2.24, 2.45) is 5.92 Å². The maximum atomic E-state index is 12.7. The molecule has 0 aliphatic carbocycles. The molecule has 1 aromatic carbocycles. The molecule has 1 heterocycles. The summed E-state index contributed by atoms with van der Waals surface area (Å²) in [4.78, 5) is 22.9. The summed E-state index contributed by atoms with van der Waals surface area (Å²) in [5.74, 6) is 1.25. The van der Waals surface area contributed by atoms with Crippen LogP contribution in [0.3, 0.4) is 0 Å². The van der Waals surface area contributed by atoms with E-state index in [9.17, 15) is 4.79 Å². The number of anilines is 1. The van der Waals surface area contributed by atoms with Crippen LogP contribution in [-0.4, -0.2) is 33.9 Å². The number of rotatable bonds is 8. The molecule has 5 heteroatoms. The van der Waals surface area contributed by atoms with E-state index in [1.165, 1.54) is 6.33 Å². The van der Waals surface area contributed by atoms with Gasteiger partial charge in [0, 0.05) is 25.7 Å². The lowest BCUT2D eigenvalue weighted by Crippen LogP contribution is -2.31. The van der Waals surface area contributed by atoms with Gasteiger partial charge in [-0.15, -0.1) is 0 Å². The minimum Gasteiger partial charge on any atom is -0.370 e. The van der Waals surface area contributed by atoms with Crippen molar-refractivity contribution in [2.45, 2.75) is 33.7 Å². The third-order valence-electron chi connectivity index (χ3n) is 3.80. The predicted octanol–water partition coefficient (Wildman–Crippen LogP) is 3.60. The zero-order valence-electron chi connectivity index (χ0n) is 14.7. The van der Waals surface area contributed by atoms with E-state index in [0.717, 1.165) is 18.5 Å². The Morgan fingerprint density at radius 1 is 1.21 bits per heavy atom. The van der Waals surface area contributed by atoms with Crippen molar-refractivity contribution in [3.63, 3.8) is 0 Å². The van der Waals surface area contributed by atoms with Crippen molar-refractivity contribution < 1.29 is 4.79 Å². The molecule has 0 fully saturated rings. The number of hydrogen-bond donors (Lipinski definition) is 1. The molecular formula is C19H26N4O. The van der Waals surface area contributed by atoms with Gasteiger partial charge in [-0.2, -0.15) is 0 Å². The van der Waals surface area contributed by atoms with Crippen LogP contribution in [-0.2, 0) is 6.54 Å². The van der Waals surface area contributed by atoms with Crippen LogP contribution in [0.2, 0.25) is 0 Å². The van der Waals surface area contributed by atoms with Crippen LogP contribution in [0.5, 0.6) is 0 Å². The van der Waals surface area contributed by atoms with Crippen molar-refractivity contribution >= 4 is 11.7 Å². The first-order valence-corrected chi connectivity index (χ1v) is 8.49. The van der Waals surface area contributed by atoms with Gasteiger partial charge in [0.25, 0.3) is 5.91 Å². The highest BCUT2D eigenvalue weighted by atomic mass is 16.2. The quantitative estimate of drug-likeness (QED) is 0.805.